The fourth-order valence-electron chi connectivity index (χ4n) is 4.59. The highest BCUT2D eigenvalue weighted by Crippen LogP contribution is 2.30. The number of fused-ring (bicyclic) bond motifs is 1. The molecule has 3 N–H and O–H groups in total. The molecule has 8 nitrogen and oxygen atoms in total. The van der Waals surface area contributed by atoms with E-state index in [2.05, 4.69) is 108 Å². The Hall–Kier alpha value is -4.60. The molecule has 0 spiro atoms. The topological polar surface area (TPSA) is 101 Å². The molecule has 0 aliphatic rings. The molecule has 0 fully saturated rings. The van der Waals surface area contributed by atoms with E-state index in [4.69, 9.17) is 0 Å². The summed E-state index contributed by atoms with van der Waals surface area (Å²) in [7, 11) is 0. The Labute approximate surface area is 280 Å². The van der Waals surface area contributed by atoms with Gasteiger partial charge >= 0.3 is 0 Å². The summed E-state index contributed by atoms with van der Waals surface area (Å²) >= 11 is 3.20. The average Bonchev–Trinajstić information content (AvgIpc) is 3.53. The van der Waals surface area contributed by atoms with Crippen LogP contribution < -0.4 is 10.6 Å². The summed E-state index contributed by atoms with van der Waals surface area (Å²) in [6.45, 7) is 9.13. The fourth-order valence-corrected chi connectivity index (χ4v) is 4.86. The number of aliphatic hydroxyl groups is 1. The Balaban J connectivity index is 0.000000280. The molecule has 6 rings (SSSR count). The van der Waals surface area contributed by atoms with Crippen LogP contribution in [0.25, 0.3) is 22.3 Å². The molecule has 0 aliphatic heterocycles. The second-order valence-electron chi connectivity index (χ2n) is 11.0. The number of halogens is 1. The predicted molar refractivity (Wildman–Crippen MR) is 193 cm³/mol. The number of pyridine rings is 3. The number of hydrogen-bond acceptors (Lipinski definition) is 7. The molecule has 0 bridgehead atoms. The minimum Gasteiger partial charge on any atom is -0.394 e. The highest BCUT2D eigenvalue weighted by Gasteiger charge is 2.14. The van der Waals surface area contributed by atoms with Crippen molar-refractivity contribution in [2.75, 3.05) is 17.2 Å². The lowest BCUT2D eigenvalue weighted by molar-refractivity contribution is 0.272. The lowest BCUT2D eigenvalue weighted by Crippen LogP contribution is -2.22. The van der Waals surface area contributed by atoms with Crippen LogP contribution in [0.1, 0.15) is 44.5 Å². The van der Waals surface area contributed by atoms with Crippen molar-refractivity contribution in [1.82, 2.24) is 24.5 Å². The Morgan fingerprint density at radius 1 is 0.826 bits per heavy atom. The zero-order chi connectivity index (χ0) is 32.7. The highest BCUT2D eigenvalue weighted by molar-refractivity contribution is 9.10. The summed E-state index contributed by atoms with van der Waals surface area (Å²) in [5, 5.41) is 16.7. The van der Waals surface area contributed by atoms with Crippen LogP contribution in [0.3, 0.4) is 0 Å². The minimum absolute atomic E-state index is 0.0230. The molecule has 46 heavy (non-hydrogen) atoms. The third-order valence-corrected chi connectivity index (χ3v) is 7.63. The quantitative estimate of drug-likeness (QED) is 0.131. The van der Waals surface area contributed by atoms with Crippen LogP contribution in [0.4, 0.5) is 11.4 Å². The summed E-state index contributed by atoms with van der Waals surface area (Å²) in [6, 6.07) is 30.5. The van der Waals surface area contributed by atoms with E-state index in [9.17, 15) is 5.11 Å². The molecule has 4 aromatic heterocycles. The van der Waals surface area contributed by atoms with Crippen LogP contribution in [0, 0.1) is 6.92 Å². The van der Waals surface area contributed by atoms with Gasteiger partial charge in [0.2, 0.25) is 0 Å². The molecule has 1 atom stereocenters. The Bertz CT molecular complexity index is 1690. The van der Waals surface area contributed by atoms with Gasteiger partial charge in [0.05, 0.1) is 29.8 Å². The van der Waals surface area contributed by atoms with Gasteiger partial charge in [-0.05, 0) is 97.2 Å². The van der Waals surface area contributed by atoms with Crippen LogP contribution in [-0.2, 0) is 6.54 Å². The number of imidazole rings is 1. The van der Waals surface area contributed by atoms with Gasteiger partial charge in [-0.15, -0.1) is 0 Å². The van der Waals surface area contributed by atoms with Gasteiger partial charge in [0.15, 0.2) is 0 Å². The van der Waals surface area contributed by atoms with Gasteiger partial charge < -0.3 is 20.3 Å². The second kappa shape index (κ2) is 17.8. The Kier molecular flexibility index (Phi) is 13.2. The average molecular weight is 681 g/mol. The number of aryl methyl sites for hydroxylation is 1. The summed E-state index contributed by atoms with van der Waals surface area (Å²) in [6.07, 6.45) is 8.09. The molecule has 0 amide bonds. The van der Waals surface area contributed by atoms with E-state index in [-0.39, 0.29) is 12.6 Å². The number of nitrogens with zero attached hydrogens (tertiary/aromatic N) is 5. The SMILES string of the molecule is Brc1ccccn1.CC[C@H](CO)Nc1cc(NCc2ccc(-c3ccccn3)cc2)c2ncn(C(C)C)c2c1.Cc1ccccn1. The maximum Gasteiger partial charge on any atom is 0.112 e. The standard InChI is InChI=1S/C26H31N5O.C6H7N.C5H4BrN/c1-4-21(16-32)30-22-13-24(26-25(14-22)31(17-29-26)18(2)3)28-15-19-8-10-20(11-9-19)23-7-5-6-12-27-23;1-6-4-2-3-5-7-6;6-5-3-1-2-4-7-5/h5-14,17-18,21,28,30,32H,4,15-16H2,1-3H3;2-5H,1H3;1-4H/t21-;;/m1../s1. The molecular formula is C37H42BrN7O. The number of benzene rings is 2. The molecule has 0 unspecified atom stereocenters. The van der Waals surface area contributed by atoms with E-state index in [1.165, 1.54) is 5.56 Å². The zero-order valence-corrected chi connectivity index (χ0v) is 28.4. The first kappa shape index (κ1) is 34.3. The van der Waals surface area contributed by atoms with E-state index < -0.39 is 0 Å². The van der Waals surface area contributed by atoms with E-state index in [1.807, 2.05) is 74.0 Å². The molecule has 6 aromatic rings. The monoisotopic (exact) mass is 679 g/mol. The van der Waals surface area contributed by atoms with Crippen LogP contribution in [0.2, 0.25) is 0 Å². The summed E-state index contributed by atoms with van der Waals surface area (Å²) in [5.41, 5.74) is 8.31. The number of nitrogens with one attached hydrogen (secondary N) is 2. The largest absolute Gasteiger partial charge is 0.394 e. The van der Waals surface area contributed by atoms with Crippen molar-refractivity contribution in [2.45, 2.75) is 52.7 Å². The Morgan fingerprint density at radius 3 is 2.02 bits per heavy atom. The molecule has 4 heterocycles. The third kappa shape index (κ3) is 10.2. The molecule has 0 saturated carbocycles. The van der Waals surface area contributed by atoms with Gasteiger partial charge in [0.1, 0.15) is 10.1 Å². The van der Waals surface area contributed by atoms with Gasteiger partial charge in [0.25, 0.3) is 0 Å². The molecular weight excluding hydrogens is 638 g/mol. The van der Waals surface area contributed by atoms with Gasteiger partial charge in [0, 0.05) is 54.2 Å². The van der Waals surface area contributed by atoms with E-state index >= 15 is 0 Å². The van der Waals surface area contributed by atoms with Crippen LogP contribution in [0.5, 0.6) is 0 Å². The van der Waals surface area contributed by atoms with E-state index in [1.54, 1.807) is 12.4 Å². The van der Waals surface area contributed by atoms with Crippen molar-refractivity contribution in [2.24, 2.45) is 0 Å². The molecule has 9 heteroatoms. The normalized spacial score (nSPS) is 11.2. The van der Waals surface area contributed by atoms with Crippen molar-refractivity contribution in [3.05, 3.63) is 132 Å². The first-order chi connectivity index (χ1) is 22.4. The first-order valence-corrected chi connectivity index (χ1v) is 16.2. The van der Waals surface area contributed by atoms with Crippen LogP contribution in [0.15, 0.2) is 121 Å². The summed E-state index contributed by atoms with van der Waals surface area (Å²) < 4.78 is 3.06. The van der Waals surface area contributed by atoms with E-state index in [0.29, 0.717) is 12.6 Å². The number of rotatable bonds is 9. The van der Waals surface area contributed by atoms with Crippen molar-refractivity contribution >= 4 is 38.3 Å². The van der Waals surface area contributed by atoms with Gasteiger partial charge in [-0.25, -0.2) is 9.97 Å². The molecule has 0 aliphatic carbocycles. The Morgan fingerprint density at radius 2 is 1.52 bits per heavy atom. The maximum absolute atomic E-state index is 9.63. The highest BCUT2D eigenvalue weighted by atomic mass is 79.9. The van der Waals surface area contributed by atoms with Gasteiger partial charge in [-0.2, -0.15) is 0 Å². The van der Waals surface area contributed by atoms with Crippen molar-refractivity contribution in [3.8, 4) is 11.3 Å². The fraction of sp³-hybridized carbons (Fsp3) is 0.243. The summed E-state index contributed by atoms with van der Waals surface area (Å²) in [4.78, 5) is 17.0. The van der Waals surface area contributed by atoms with Crippen molar-refractivity contribution < 1.29 is 5.11 Å². The lowest BCUT2D eigenvalue weighted by atomic mass is 10.1. The summed E-state index contributed by atoms with van der Waals surface area (Å²) in [5.74, 6) is 0. The van der Waals surface area contributed by atoms with E-state index in [0.717, 1.165) is 50.4 Å². The number of aliphatic hydroxyl groups excluding tert-OH is 1. The van der Waals surface area contributed by atoms with Crippen LogP contribution >= 0.6 is 15.9 Å². The predicted octanol–water partition coefficient (Wildman–Crippen LogP) is 8.71. The number of aromatic nitrogens is 5. The van der Waals surface area contributed by atoms with Crippen molar-refractivity contribution in [1.29, 1.82) is 0 Å². The minimum atomic E-state index is 0.0230. The lowest BCUT2D eigenvalue weighted by Gasteiger charge is -2.18. The van der Waals surface area contributed by atoms with Crippen molar-refractivity contribution in [3.63, 3.8) is 0 Å². The molecule has 0 saturated heterocycles. The zero-order valence-electron chi connectivity index (χ0n) is 26.8. The number of hydrogen-bond donors (Lipinski definition) is 3. The van der Waals surface area contributed by atoms with Gasteiger partial charge in [-0.1, -0.05) is 49.4 Å². The maximum atomic E-state index is 9.63. The smallest absolute Gasteiger partial charge is 0.112 e. The van der Waals surface area contributed by atoms with Crippen LogP contribution in [-0.4, -0.2) is 42.3 Å². The first-order valence-electron chi connectivity index (χ1n) is 15.4. The van der Waals surface area contributed by atoms with Gasteiger partial charge in [-0.3, -0.25) is 9.97 Å². The molecule has 2 aromatic carbocycles. The third-order valence-electron chi connectivity index (χ3n) is 7.16. The molecule has 238 valence electrons. The number of anilines is 2. The second-order valence-corrected chi connectivity index (χ2v) is 11.8. The molecule has 0 radical (unpaired) electrons.